The van der Waals surface area contributed by atoms with Gasteiger partial charge >= 0.3 is 0 Å². The zero-order chi connectivity index (χ0) is 18.5. The van der Waals surface area contributed by atoms with Gasteiger partial charge < -0.3 is 10.1 Å². The molecule has 0 aliphatic heterocycles. The largest absolute Gasteiger partial charge is 0.486 e. The third-order valence-corrected chi connectivity index (χ3v) is 4.94. The molecule has 1 N–H and O–H groups in total. The van der Waals surface area contributed by atoms with E-state index >= 15 is 0 Å². The standard InChI is InChI=1S/C18H21FN4O2S/c1-3-10-23-16(11-25-15-8-4-13(19)5-9-15)21-22-18(23)26-12(2)17(24)20-14-6-7-14/h3-5,8-9,12,14H,1,6-7,10-11H2,2H3,(H,20,24)/t12-/m1/s1. The number of thioether (sulfide) groups is 1. The second-order valence-corrected chi connectivity index (χ2v) is 7.39. The van der Waals surface area contributed by atoms with Crippen LogP contribution in [0.3, 0.4) is 0 Å². The maximum Gasteiger partial charge on any atom is 0.233 e. The predicted molar refractivity (Wildman–Crippen MR) is 97.4 cm³/mol. The zero-order valence-electron chi connectivity index (χ0n) is 14.5. The van der Waals surface area contributed by atoms with Crippen molar-refractivity contribution < 1.29 is 13.9 Å². The summed E-state index contributed by atoms with van der Waals surface area (Å²) in [5.41, 5.74) is 0. The Balaban J connectivity index is 1.65. The van der Waals surface area contributed by atoms with Gasteiger partial charge in [0.2, 0.25) is 5.91 Å². The Labute approximate surface area is 155 Å². The molecule has 26 heavy (non-hydrogen) atoms. The van der Waals surface area contributed by atoms with Gasteiger partial charge in [0.05, 0.1) is 5.25 Å². The minimum Gasteiger partial charge on any atom is -0.486 e. The highest BCUT2D eigenvalue weighted by Crippen LogP contribution is 2.25. The summed E-state index contributed by atoms with van der Waals surface area (Å²) in [4.78, 5) is 12.1. The molecule has 3 rings (SSSR count). The van der Waals surface area contributed by atoms with Crippen molar-refractivity contribution in [2.24, 2.45) is 0 Å². The summed E-state index contributed by atoms with van der Waals surface area (Å²) in [5.74, 6) is 0.858. The van der Waals surface area contributed by atoms with Gasteiger partial charge in [-0.2, -0.15) is 0 Å². The molecule has 1 saturated carbocycles. The number of aromatic nitrogens is 3. The highest BCUT2D eigenvalue weighted by atomic mass is 32.2. The van der Waals surface area contributed by atoms with E-state index in [-0.39, 0.29) is 23.6 Å². The van der Waals surface area contributed by atoms with Crippen molar-refractivity contribution in [2.75, 3.05) is 0 Å². The number of hydrogen-bond acceptors (Lipinski definition) is 5. The number of carbonyl (C=O) groups is 1. The molecule has 1 heterocycles. The van der Waals surface area contributed by atoms with Crippen LogP contribution in [0.4, 0.5) is 4.39 Å². The number of nitrogens with zero attached hydrogens (tertiary/aromatic N) is 3. The summed E-state index contributed by atoms with van der Waals surface area (Å²) in [6, 6.07) is 6.12. The maximum atomic E-state index is 13.0. The van der Waals surface area contributed by atoms with Gasteiger partial charge in [0.25, 0.3) is 0 Å². The normalized spacial score (nSPS) is 14.7. The minimum absolute atomic E-state index is 0.00904. The monoisotopic (exact) mass is 376 g/mol. The fraction of sp³-hybridized carbons (Fsp3) is 0.389. The van der Waals surface area contributed by atoms with Crippen molar-refractivity contribution in [3.05, 3.63) is 48.6 Å². The average molecular weight is 376 g/mol. The van der Waals surface area contributed by atoms with Crippen LogP contribution in [0.2, 0.25) is 0 Å². The number of allylic oxidation sites excluding steroid dienone is 1. The van der Waals surface area contributed by atoms with Crippen LogP contribution in [-0.4, -0.2) is 32.0 Å². The van der Waals surface area contributed by atoms with Gasteiger partial charge in [-0.05, 0) is 44.0 Å². The molecular weight excluding hydrogens is 355 g/mol. The van der Waals surface area contributed by atoms with E-state index in [0.717, 1.165) is 12.8 Å². The molecule has 1 amide bonds. The first kappa shape index (κ1) is 18.4. The topological polar surface area (TPSA) is 69.0 Å². The van der Waals surface area contributed by atoms with E-state index in [2.05, 4.69) is 22.1 Å². The molecule has 1 atom stereocenters. The molecule has 1 aliphatic carbocycles. The fourth-order valence-corrected chi connectivity index (χ4v) is 3.15. The summed E-state index contributed by atoms with van der Waals surface area (Å²) in [5, 5.41) is 11.7. The molecule has 0 unspecified atom stereocenters. The minimum atomic E-state index is -0.315. The smallest absolute Gasteiger partial charge is 0.233 e. The number of halogens is 1. The summed E-state index contributed by atoms with van der Waals surface area (Å²) in [6.07, 6.45) is 3.85. The van der Waals surface area contributed by atoms with E-state index in [4.69, 9.17) is 4.74 Å². The second-order valence-electron chi connectivity index (χ2n) is 6.08. The number of nitrogens with one attached hydrogen (secondary N) is 1. The van der Waals surface area contributed by atoms with E-state index in [1.165, 1.54) is 23.9 Å². The van der Waals surface area contributed by atoms with Crippen LogP contribution in [0, 0.1) is 5.82 Å². The molecule has 0 radical (unpaired) electrons. The Morgan fingerprint density at radius 2 is 2.19 bits per heavy atom. The van der Waals surface area contributed by atoms with Crippen LogP contribution in [0.15, 0.2) is 42.1 Å². The Hall–Kier alpha value is -2.35. The highest BCUT2D eigenvalue weighted by Gasteiger charge is 2.27. The molecule has 1 fully saturated rings. The first-order chi connectivity index (χ1) is 12.6. The van der Waals surface area contributed by atoms with E-state index in [1.807, 2.05) is 11.5 Å². The SMILES string of the molecule is C=CCn1c(COc2ccc(F)cc2)nnc1S[C@H](C)C(=O)NC1CC1. The first-order valence-electron chi connectivity index (χ1n) is 8.45. The first-order valence-corrected chi connectivity index (χ1v) is 9.33. The highest BCUT2D eigenvalue weighted by molar-refractivity contribution is 8.00. The fourth-order valence-electron chi connectivity index (χ4n) is 2.26. The predicted octanol–water partition coefficient (Wildman–Crippen LogP) is 2.94. The quantitative estimate of drug-likeness (QED) is 0.538. The third kappa shape index (κ3) is 4.85. The molecule has 0 spiro atoms. The summed E-state index contributed by atoms with van der Waals surface area (Å²) < 4.78 is 20.5. The Bertz CT molecular complexity index is 774. The Kier molecular flexibility index (Phi) is 5.92. The van der Waals surface area contributed by atoms with Gasteiger partial charge in [0.15, 0.2) is 11.0 Å². The van der Waals surface area contributed by atoms with E-state index < -0.39 is 0 Å². The molecule has 138 valence electrons. The van der Waals surface area contributed by atoms with Gasteiger partial charge in [0, 0.05) is 12.6 Å². The van der Waals surface area contributed by atoms with Gasteiger partial charge in [0.1, 0.15) is 18.2 Å². The van der Waals surface area contributed by atoms with Crippen molar-refractivity contribution in [3.8, 4) is 5.75 Å². The molecule has 8 heteroatoms. The van der Waals surface area contributed by atoms with Gasteiger partial charge in [-0.3, -0.25) is 9.36 Å². The summed E-state index contributed by atoms with van der Waals surface area (Å²) >= 11 is 1.36. The number of rotatable bonds is 9. The van der Waals surface area contributed by atoms with Crippen molar-refractivity contribution >= 4 is 17.7 Å². The van der Waals surface area contributed by atoms with Crippen molar-refractivity contribution in [2.45, 2.75) is 49.4 Å². The number of amides is 1. The van der Waals surface area contributed by atoms with Gasteiger partial charge in [-0.15, -0.1) is 16.8 Å². The van der Waals surface area contributed by atoms with E-state index in [1.54, 1.807) is 18.2 Å². The zero-order valence-corrected chi connectivity index (χ0v) is 15.3. The molecule has 6 nitrogen and oxygen atoms in total. The van der Waals surface area contributed by atoms with Crippen LogP contribution in [-0.2, 0) is 17.9 Å². The third-order valence-electron chi connectivity index (χ3n) is 3.86. The lowest BCUT2D eigenvalue weighted by Crippen LogP contribution is -2.32. The average Bonchev–Trinajstić information content (AvgIpc) is 3.37. The van der Waals surface area contributed by atoms with Crippen LogP contribution in [0.5, 0.6) is 5.75 Å². The lowest BCUT2D eigenvalue weighted by molar-refractivity contribution is -0.120. The number of ether oxygens (including phenoxy) is 1. The molecule has 1 aliphatic rings. The molecule has 0 bridgehead atoms. The summed E-state index contributed by atoms with van der Waals surface area (Å²) in [6.45, 7) is 6.31. The molecule has 0 saturated heterocycles. The lowest BCUT2D eigenvalue weighted by atomic mass is 10.3. The maximum absolute atomic E-state index is 13.0. The Morgan fingerprint density at radius 1 is 1.46 bits per heavy atom. The second kappa shape index (κ2) is 8.35. The molecular formula is C18H21FN4O2S. The number of hydrogen-bond donors (Lipinski definition) is 1. The molecule has 1 aromatic carbocycles. The van der Waals surface area contributed by atoms with E-state index in [9.17, 15) is 9.18 Å². The van der Waals surface area contributed by atoms with Crippen molar-refractivity contribution in [3.63, 3.8) is 0 Å². The van der Waals surface area contributed by atoms with Crippen molar-refractivity contribution in [1.29, 1.82) is 0 Å². The van der Waals surface area contributed by atoms with Gasteiger partial charge in [-0.1, -0.05) is 17.8 Å². The van der Waals surface area contributed by atoms with Crippen LogP contribution in [0.25, 0.3) is 0 Å². The van der Waals surface area contributed by atoms with Crippen molar-refractivity contribution in [1.82, 2.24) is 20.1 Å². The van der Waals surface area contributed by atoms with E-state index in [0.29, 0.717) is 29.3 Å². The molecule has 1 aromatic heterocycles. The van der Waals surface area contributed by atoms with Crippen LogP contribution < -0.4 is 10.1 Å². The van der Waals surface area contributed by atoms with Crippen LogP contribution >= 0.6 is 11.8 Å². The lowest BCUT2D eigenvalue weighted by Gasteiger charge is -2.12. The number of benzene rings is 1. The Morgan fingerprint density at radius 3 is 2.85 bits per heavy atom. The number of carbonyl (C=O) groups excluding carboxylic acids is 1. The van der Waals surface area contributed by atoms with Gasteiger partial charge in [-0.25, -0.2) is 4.39 Å². The van der Waals surface area contributed by atoms with Crippen LogP contribution in [0.1, 0.15) is 25.6 Å². The molecule has 2 aromatic rings. The summed E-state index contributed by atoms with van der Waals surface area (Å²) in [7, 11) is 0.